The first-order valence-electron chi connectivity index (χ1n) is 12.2. The molecule has 0 N–H and O–H groups in total. The molecule has 0 amide bonds. The molecule has 1 saturated heterocycles. The fourth-order valence-corrected chi connectivity index (χ4v) is 5.56. The highest BCUT2D eigenvalue weighted by molar-refractivity contribution is 6.30. The molecule has 35 heavy (non-hydrogen) atoms. The van der Waals surface area contributed by atoms with Gasteiger partial charge in [-0.3, -0.25) is 14.5 Å². The van der Waals surface area contributed by atoms with Crippen molar-refractivity contribution in [2.45, 2.75) is 57.5 Å². The van der Waals surface area contributed by atoms with Crippen LogP contribution in [0.4, 0.5) is 14.6 Å². The average molecular weight is 500 g/mol. The van der Waals surface area contributed by atoms with Crippen LogP contribution in [0.3, 0.4) is 0 Å². The first-order valence-corrected chi connectivity index (χ1v) is 12.6. The van der Waals surface area contributed by atoms with E-state index in [0.717, 1.165) is 54.5 Å². The van der Waals surface area contributed by atoms with Crippen molar-refractivity contribution in [3.63, 3.8) is 0 Å². The molecule has 2 aliphatic heterocycles. The average Bonchev–Trinajstić information content (AvgIpc) is 3.63. The van der Waals surface area contributed by atoms with Gasteiger partial charge in [0.25, 0.3) is 5.92 Å². The number of aromatic nitrogens is 5. The van der Waals surface area contributed by atoms with Crippen LogP contribution in [-0.2, 0) is 13.1 Å². The Morgan fingerprint density at radius 1 is 1.06 bits per heavy atom. The SMILES string of the molecule is Cc1cncc(N2CCC(c3nnc4n3-c3ccc(Cl)cc3CN(CC(F)(F)C3CC3)C4)CC2)n1. The lowest BCUT2D eigenvalue weighted by Crippen LogP contribution is -2.37. The molecule has 2 fully saturated rings. The summed E-state index contributed by atoms with van der Waals surface area (Å²) in [6.07, 6.45) is 6.59. The highest BCUT2D eigenvalue weighted by atomic mass is 35.5. The first-order chi connectivity index (χ1) is 16.9. The number of hydrogen-bond donors (Lipinski definition) is 0. The Bertz CT molecular complexity index is 1230. The largest absolute Gasteiger partial charge is 0.355 e. The van der Waals surface area contributed by atoms with Gasteiger partial charge in [-0.05, 0) is 56.4 Å². The molecule has 3 aromatic rings. The Kier molecular flexibility index (Phi) is 5.72. The molecule has 3 aliphatic rings. The zero-order valence-electron chi connectivity index (χ0n) is 19.7. The van der Waals surface area contributed by atoms with Crippen LogP contribution in [0.15, 0.2) is 30.6 Å². The molecular weight excluding hydrogens is 472 g/mol. The summed E-state index contributed by atoms with van der Waals surface area (Å²) in [6.45, 7) is 4.10. The second-order valence-electron chi connectivity index (χ2n) is 10.0. The predicted octanol–water partition coefficient (Wildman–Crippen LogP) is 4.76. The van der Waals surface area contributed by atoms with E-state index in [1.165, 1.54) is 0 Å². The van der Waals surface area contributed by atoms with E-state index in [1.807, 2.05) is 31.3 Å². The normalized spacial score (nSPS) is 19.4. The van der Waals surface area contributed by atoms with Crippen LogP contribution >= 0.6 is 11.6 Å². The van der Waals surface area contributed by atoms with Gasteiger partial charge >= 0.3 is 0 Å². The van der Waals surface area contributed by atoms with E-state index in [-0.39, 0.29) is 12.5 Å². The van der Waals surface area contributed by atoms with Crippen LogP contribution in [0, 0.1) is 12.8 Å². The summed E-state index contributed by atoms with van der Waals surface area (Å²) in [6, 6.07) is 5.70. The molecule has 0 radical (unpaired) electrons. The maximum atomic E-state index is 14.7. The quantitative estimate of drug-likeness (QED) is 0.504. The molecule has 7 nitrogen and oxygen atoms in total. The molecule has 0 unspecified atom stereocenters. The van der Waals surface area contributed by atoms with Gasteiger partial charge in [0, 0.05) is 42.7 Å². The third-order valence-electron chi connectivity index (χ3n) is 7.33. The van der Waals surface area contributed by atoms with Crippen molar-refractivity contribution < 1.29 is 8.78 Å². The standard InChI is InChI=1S/C25H28ClF2N7/c1-16-11-29-12-22(30-16)34-8-6-17(7-9-34)24-32-31-23-14-33(15-25(27,28)19-2-3-19)13-18-10-20(26)4-5-21(18)35(23)24/h4-5,10-12,17,19H,2-3,6-9,13-15H2,1H3. The molecule has 0 spiro atoms. The Hall–Kier alpha value is -2.65. The summed E-state index contributed by atoms with van der Waals surface area (Å²) < 4.78 is 31.6. The van der Waals surface area contributed by atoms with E-state index in [0.29, 0.717) is 36.8 Å². The molecule has 1 aromatic carbocycles. The topological polar surface area (TPSA) is 63.0 Å². The van der Waals surface area contributed by atoms with E-state index >= 15 is 0 Å². The van der Waals surface area contributed by atoms with Crippen LogP contribution in [0.5, 0.6) is 0 Å². The fraction of sp³-hybridized carbons (Fsp3) is 0.520. The monoisotopic (exact) mass is 499 g/mol. The van der Waals surface area contributed by atoms with E-state index in [4.69, 9.17) is 11.6 Å². The van der Waals surface area contributed by atoms with Crippen molar-refractivity contribution in [3.05, 3.63) is 58.5 Å². The summed E-state index contributed by atoms with van der Waals surface area (Å²) in [5.74, 6) is -0.471. The number of rotatable bonds is 5. The van der Waals surface area contributed by atoms with Crippen molar-refractivity contribution >= 4 is 17.4 Å². The van der Waals surface area contributed by atoms with Gasteiger partial charge in [0.2, 0.25) is 0 Å². The van der Waals surface area contributed by atoms with Gasteiger partial charge in [-0.2, -0.15) is 0 Å². The molecular formula is C25H28ClF2N7. The zero-order chi connectivity index (χ0) is 24.2. The van der Waals surface area contributed by atoms with Crippen LogP contribution in [0.1, 0.15) is 54.5 Å². The summed E-state index contributed by atoms with van der Waals surface area (Å²) in [5, 5.41) is 9.69. The molecule has 0 atom stereocenters. The summed E-state index contributed by atoms with van der Waals surface area (Å²) in [7, 11) is 0. The Labute approximate surface area is 208 Å². The third kappa shape index (κ3) is 4.51. The van der Waals surface area contributed by atoms with Crippen molar-refractivity contribution in [1.29, 1.82) is 0 Å². The summed E-state index contributed by atoms with van der Waals surface area (Å²) in [4.78, 5) is 12.9. The molecule has 184 valence electrons. The number of nitrogens with zero attached hydrogens (tertiary/aromatic N) is 7. The highest BCUT2D eigenvalue weighted by Gasteiger charge is 2.48. The van der Waals surface area contributed by atoms with Gasteiger partial charge in [0.15, 0.2) is 5.82 Å². The van der Waals surface area contributed by atoms with Crippen molar-refractivity contribution in [3.8, 4) is 5.69 Å². The minimum Gasteiger partial charge on any atom is -0.355 e. The summed E-state index contributed by atoms with van der Waals surface area (Å²) >= 11 is 6.32. The second-order valence-corrected chi connectivity index (χ2v) is 10.5. The van der Waals surface area contributed by atoms with Crippen LogP contribution in [0.2, 0.25) is 5.02 Å². The second kappa shape index (κ2) is 8.78. The highest BCUT2D eigenvalue weighted by Crippen LogP contribution is 2.44. The number of fused-ring (bicyclic) bond motifs is 3. The number of hydrogen-bond acceptors (Lipinski definition) is 6. The maximum Gasteiger partial charge on any atom is 0.263 e. The van der Waals surface area contributed by atoms with Gasteiger partial charge in [0.1, 0.15) is 11.6 Å². The predicted molar refractivity (Wildman–Crippen MR) is 129 cm³/mol. The van der Waals surface area contributed by atoms with Gasteiger partial charge < -0.3 is 4.90 Å². The minimum absolute atomic E-state index is 0.216. The van der Waals surface area contributed by atoms with Crippen molar-refractivity contribution in [1.82, 2.24) is 29.6 Å². The van der Waals surface area contributed by atoms with Crippen molar-refractivity contribution in [2.75, 3.05) is 24.5 Å². The number of alkyl halides is 2. The van der Waals surface area contributed by atoms with E-state index in [2.05, 4.69) is 29.6 Å². The number of aryl methyl sites for hydroxylation is 1. The molecule has 2 aromatic heterocycles. The number of halogens is 3. The zero-order valence-corrected chi connectivity index (χ0v) is 20.4. The molecule has 0 bridgehead atoms. The van der Waals surface area contributed by atoms with E-state index in [1.54, 1.807) is 11.1 Å². The lowest BCUT2D eigenvalue weighted by Gasteiger charge is -2.32. The van der Waals surface area contributed by atoms with Crippen LogP contribution in [0.25, 0.3) is 5.69 Å². The molecule has 1 aliphatic carbocycles. The van der Waals surface area contributed by atoms with Gasteiger partial charge in [-0.1, -0.05) is 11.6 Å². The third-order valence-corrected chi connectivity index (χ3v) is 7.57. The smallest absolute Gasteiger partial charge is 0.263 e. The Morgan fingerprint density at radius 3 is 2.60 bits per heavy atom. The van der Waals surface area contributed by atoms with Crippen LogP contribution < -0.4 is 4.90 Å². The number of benzene rings is 1. The van der Waals surface area contributed by atoms with Crippen molar-refractivity contribution in [2.24, 2.45) is 5.92 Å². The fourth-order valence-electron chi connectivity index (χ4n) is 5.37. The molecule has 1 saturated carbocycles. The number of piperidine rings is 1. The molecule has 4 heterocycles. The van der Waals surface area contributed by atoms with Gasteiger partial charge in [0.05, 0.1) is 30.7 Å². The Morgan fingerprint density at radius 2 is 1.86 bits per heavy atom. The minimum atomic E-state index is -2.69. The lowest BCUT2D eigenvalue weighted by molar-refractivity contribution is -0.0558. The number of anilines is 1. The van der Waals surface area contributed by atoms with Gasteiger partial charge in [-0.15, -0.1) is 10.2 Å². The lowest BCUT2D eigenvalue weighted by atomic mass is 9.95. The molecule has 10 heteroatoms. The van der Waals surface area contributed by atoms with Crippen LogP contribution in [-0.4, -0.2) is 55.2 Å². The van der Waals surface area contributed by atoms with E-state index in [9.17, 15) is 8.78 Å². The maximum absolute atomic E-state index is 14.7. The Balaban J connectivity index is 1.28. The van der Waals surface area contributed by atoms with Gasteiger partial charge in [-0.25, -0.2) is 13.8 Å². The van der Waals surface area contributed by atoms with E-state index < -0.39 is 11.8 Å². The molecule has 6 rings (SSSR count). The summed E-state index contributed by atoms with van der Waals surface area (Å²) in [5.41, 5.74) is 2.77. The first kappa shape index (κ1) is 22.8.